The number of nitrogens with one attached hydrogen (secondary N) is 2. The Hall–Kier alpha value is 0.230. The van der Waals surface area contributed by atoms with E-state index >= 15 is 0 Å². The van der Waals surface area contributed by atoms with E-state index in [0.29, 0.717) is 6.04 Å². The first-order chi connectivity index (χ1) is 7.60. The van der Waals surface area contributed by atoms with Crippen LogP contribution in [0.4, 0.5) is 0 Å². The summed E-state index contributed by atoms with van der Waals surface area (Å²) in [5.74, 6) is 1.25. The highest BCUT2D eigenvalue weighted by molar-refractivity contribution is 7.99. The molecule has 2 N–H and O–H groups in total. The van der Waals surface area contributed by atoms with Crippen LogP contribution in [0.3, 0.4) is 0 Å². The van der Waals surface area contributed by atoms with Gasteiger partial charge in [-0.25, -0.2) is 0 Å². The number of hydrogen-bond acceptors (Lipinski definition) is 4. The minimum absolute atomic E-state index is 0.619. The smallest absolute Gasteiger partial charge is 0.0199 e. The molecule has 0 aliphatic carbocycles. The molecule has 0 aromatic heterocycles. The highest BCUT2D eigenvalue weighted by Crippen LogP contribution is 2.11. The van der Waals surface area contributed by atoms with Gasteiger partial charge in [-0.05, 0) is 38.6 Å². The maximum absolute atomic E-state index is 3.41. The Kier molecular flexibility index (Phi) is 10.5. The molecule has 0 radical (unpaired) electrons. The first-order valence-electron chi connectivity index (χ1n) is 6.22. The summed E-state index contributed by atoms with van der Waals surface area (Å²) < 4.78 is 0. The second kappa shape index (κ2) is 10.4. The normalized spacial score (nSPS) is 13.7. The van der Waals surface area contributed by atoms with Crippen molar-refractivity contribution in [2.45, 2.75) is 31.6 Å². The van der Waals surface area contributed by atoms with Gasteiger partial charge in [0, 0.05) is 25.7 Å². The molecule has 98 valence electrons. The molecule has 0 heterocycles. The van der Waals surface area contributed by atoms with E-state index in [0.717, 1.165) is 24.9 Å². The number of rotatable bonds is 10. The summed E-state index contributed by atoms with van der Waals surface area (Å²) in [5, 5.41) is 7.34. The summed E-state index contributed by atoms with van der Waals surface area (Å²) in [5.41, 5.74) is 0. The van der Waals surface area contributed by atoms with E-state index in [2.05, 4.69) is 43.5 Å². The van der Waals surface area contributed by atoms with E-state index in [-0.39, 0.29) is 0 Å². The summed E-state index contributed by atoms with van der Waals surface area (Å²) in [6.07, 6.45) is 1.25. The van der Waals surface area contributed by atoms with Crippen molar-refractivity contribution in [2.75, 3.05) is 46.5 Å². The molecule has 0 aromatic carbocycles. The Labute approximate surface area is 106 Å². The number of likely N-dealkylation sites (N-methyl/N-ethyl adjacent to an activating group) is 3. The maximum Gasteiger partial charge on any atom is 0.0199 e. The Balaban J connectivity index is 3.64. The highest BCUT2D eigenvalue weighted by Gasteiger charge is 2.09. The molecular weight excluding hydrogens is 218 g/mol. The summed E-state index contributed by atoms with van der Waals surface area (Å²) in [7, 11) is 6.26. The quantitative estimate of drug-likeness (QED) is 0.608. The van der Waals surface area contributed by atoms with Crippen molar-refractivity contribution >= 4 is 11.8 Å². The predicted octanol–water partition coefficient (Wildman–Crippen LogP) is 1.26. The van der Waals surface area contributed by atoms with E-state index in [1.165, 1.54) is 12.2 Å². The van der Waals surface area contributed by atoms with Gasteiger partial charge >= 0.3 is 0 Å². The largest absolute Gasteiger partial charge is 0.318 e. The number of thioether (sulfide) groups is 1. The Morgan fingerprint density at radius 2 is 1.94 bits per heavy atom. The lowest BCUT2D eigenvalue weighted by atomic mass is 10.2. The molecule has 0 amide bonds. The Bertz CT molecular complexity index is 153. The molecule has 0 aliphatic rings. The lowest BCUT2D eigenvalue weighted by molar-refractivity contribution is 0.293. The molecule has 0 aromatic rings. The minimum Gasteiger partial charge on any atom is -0.318 e. The third-order valence-electron chi connectivity index (χ3n) is 2.60. The van der Waals surface area contributed by atoms with Crippen LogP contribution < -0.4 is 10.6 Å². The monoisotopic (exact) mass is 247 g/mol. The summed E-state index contributed by atoms with van der Waals surface area (Å²) >= 11 is 2.05. The van der Waals surface area contributed by atoms with Crippen molar-refractivity contribution in [3.8, 4) is 0 Å². The van der Waals surface area contributed by atoms with E-state index in [1.807, 2.05) is 18.8 Å². The van der Waals surface area contributed by atoms with E-state index < -0.39 is 0 Å². The van der Waals surface area contributed by atoms with Crippen LogP contribution >= 0.6 is 11.8 Å². The van der Waals surface area contributed by atoms with Crippen LogP contribution in [0.15, 0.2) is 0 Å². The molecule has 0 bridgehead atoms. The zero-order valence-corrected chi connectivity index (χ0v) is 12.4. The van der Waals surface area contributed by atoms with Crippen molar-refractivity contribution in [3.05, 3.63) is 0 Å². The average molecular weight is 247 g/mol. The maximum atomic E-state index is 3.41. The average Bonchev–Trinajstić information content (AvgIpc) is 2.24. The third-order valence-corrected chi connectivity index (χ3v) is 3.74. The standard InChI is InChI=1S/C12H29N3S/c1-11(2)16-9-6-12(14-4)10-15(5)8-7-13-3/h11-14H,6-10H2,1-5H3. The fourth-order valence-corrected chi connectivity index (χ4v) is 2.44. The summed E-state index contributed by atoms with van der Waals surface area (Å²) in [6.45, 7) is 7.84. The third kappa shape index (κ3) is 9.46. The molecule has 1 unspecified atom stereocenters. The van der Waals surface area contributed by atoms with Gasteiger partial charge in [-0.2, -0.15) is 11.8 Å². The van der Waals surface area contributed by atoms with E-state index in [9.17, 15) is 0 Å². The van der Waals surface area contributed by atoms with Gasteiger partial charge in [0.15, 0.2) is 0 Å². The van der Waals surface area contributed by atoms with Gasteiger partial charge in [0.25, 0.3) is 0 Å². The zero-order chi connectivity index (χ0) is 12.4. The Morgan fingerprint density at radius 3 is 2.44 bits per heavy atom. The topological polar surface area (TPSA) is 27.3 Å². The van der Waals surface area contributed by atoms with Crippen molar-refractivity contribution in [1.29, 1.82) is 0 Å². The van der Waals surface area contributed by atoms with Crippen LogP contribution in [0, 0.1) is 0 Å². The minimum atomic E-state index is 0.619. The Morgan fingerprint density at radius 1 is 1.25 bits per heavy atom. The molecule has 0 fully saturated rings. The second-order valence-electron chi connectivity index (χ2n) is 4.56. The van der Waals surface area contributed by atoms with E-state index in [1.54, 1.807) is 0 Å². The second-order valence-corrected chi connectivity index (χ2v) is 6.24. The molecule has 1 atom stereocenters. The van der Waals surface area contributed by atoms with E-state index in [4.69, 9.17) is 0 Å². The van der Waals surface area contributed by atoms with Crippen LogP contribution in [0.2, 0.25) is 0 Å². The molecule has 0 aliphatic heterocycles. The predicted molar refractivity (Wildman–Crippen MR) is 76.5 cm³/mol. The highest BCUT2D eigenvalue weighted by atomic mass is 32.2. The number of hydrogen-bond donors (Lipinski definition) is 2. The molecule has 0 saturated heterocycles. The van der Waals surface area contributed by atoms with Gasteiger partial charge in [-0.3, -0.25) is 0 Å². The summed E-state index contributed by atoms with van der Waals surface area (Å²) in [4.78, 5) is 2.39. The van der Waals surface area contributed by atoms with Crippen molar-refractivity contribution in [2.24, 2.45) is 0 Å². The number of nitrogens with zero attached hydrogens (tertiary/aromatic N) is 1. The van der Waals surface area contributed by atoms with Crippen LogP contribution in [0.1, 0.15) is 20.3 Å². The molecule has 0 rings (SSSR count). The van der Waals surface area contributed by atoms with Crippen LogP contribution in [0.5, 0.6) is 0 Å². The van der Waals surface area contributed by atoms with Gasteiger partial charge in [0.1, 0.15) is 0 Å². The lowest BCUT2D eigenvalue weighted by Gasteiger charge is -2.23. The van der Waals surface area contributed by atoms with Crippen molar-refractivity contribution in [1.82, 2.24) is 15.5 Å². The summed E-state index contributed by atoms with van der Waals surface area (Å²) in [6, 6.07) is 0.619. The van der Waals surface area contributed by atoms with Gasteiger partial charge < -0.3 is 15.5 Å². The first-order valence-corrected chi connectivity index (χ1v) is 7.27. The molecule has 0 saturated carbocycles. The zero-order valence-electron chi connectivity index (χ0n) is 11.5. The van der Waals surface area contributed by atoms with Gasteiger partial charge in [-0.1, -0.05) is 13.8 Å². The lowest BCUT2D eigenvalue weighted by Crippen LogP contribution is -2.40. The molecule has 0 spiro atoms. The molecular formula is C12H29N3S. The van der Waals surface area contributed by atoms with Crippen LogP contribution in [-0.2, 0) is 0 Å². The van der Waals surface area contributed by atoms with Crippen LogP contribution in [0.25, 0.3) is 0 Å². The van der Waals surface area contributed by atoms with Crippen molar-refractivity contribution in [3.63, 3.8) is 0 Å². The van der Waals surface area contributed by atoms with Gasteiger partial charge in [-0.15, -0.1) is 0 Å². The SMILES string of the molecule is CNCCN(C)CC(CCSC(C)C)NC. The van der Waals surface area contributed by atoms with Crippen LogP contribution in [-0.4, -0.2) is 62.7 Å². The molecule has 3 nitrogen and oxygen atoms in total. The first kappa shape index (κ1) is 16.2. The van der Waals surface area contributed by atoms with Gasteiger partial charge in [0.05, 0.1) is 0 Å². The van der Waals surface area contributed by atoms with Crippen molar-refractivity contribution < 1.29 is 0 Å². The molecule has 4 heteroatoms. The molecule has 16 heavy (non-hydrogen) atoms. The fraction of sp³-hybridized carbons (Fsp3) is 1.00. The fourth-order valence-electron chi connectivity index (χ4n) is 1.54. The van der Waals surface area contributed by atoms with Gasteiger partial charge in [0.2, 0.25) is 0 Å².